The Balaban J connectivity index is 1.83. The predicted molar refractivity (Wildman–Crippen MR) is 62.1 cm³/mol. The van der Waals surface area contributed by atoms with Gasteiger partial charge in [-0.3, -0.25) is 4.79 Å². The van der Waals surface area contributed by atoms with Crippen molar-refractivity contribution >= 4 is 5.91 Å². The van der Waals surface area contributed by atoms with Crippen LogP contribution in [0.4, 0.5) is 0 Å². The van der Waals surface area contributed by atoms with E-state index in [9.17, 15) is 4.79 Å². The van der Waals surface area contributed by atoms with E-state index in [-0.39, 0.29) is 30.0 Å². The standard InChI is InChI=1S/C12H19N3O2/c1-17-9-5-11(14-7-9)12(16)15-10-4-2-3-8(10)6-13/h8-11,14H,2-5,7H2,1H3,(H,15,16). The minimum absolute atomic E-state index is 0.0108. The molecule has 0 radical (unpaired) electrons. The summed E-state index contributed by atoms with van der Waals surface area (Å²) in [6.45, 7) is 0.723. The summed E-state index contributed by atoms with van der Waals surface area (Å²) >= 11 is 0. The minimum Gasteiger partial charge on any atom is -0.380 e. The molecule has 0 aromatic rings. The first-order valence-corrected chi connectivity index (χ1v) is 6.20. The lowest BCUT2D eigenvalue weighted by molar-refractivity contribution is -0.123. The predicted octanol–water partition coefficient (Wildman–Crippen LogP) is 0.172. The summed E-state index contributed by atoms with van der Waals surface area (Å²) in [6.07, 6.45) is 3.69. The minimum atomic E-state index is -0.167. The molecule has 1 aliphatic carbocycles. The molecule has 2 rings (SSSR count). The van der Waals surface area contributed by atoms with Crippen LogP contribution in [0.2, 0.25) is 0 Å². The van der Waals surface area contributed by atoms with Crippen LogP contribution in [-0.2, 0) is 9.53 Å². The Bertz CT molecular complexity index is 326. The number of carbonyl (C=O) groups excluding carboxylic acids is 1. The molecular formula is C12H19N3O2. The maximum absolute atomic E-state index is 12.0. The largest absolute Gasteiger partial charge is 0.380 e. The van der Waals surface area contributed by atoms with Gasteiger partial charge >= 0.3 is 0 Å². The second kappa shape index (κ2) is 5.48. The van der Waals surface area contributed by atoms with Crippen LogP contribution in [-0.4, -0.2) is 37.7 Å². The van der Waals surface area contributed by atoms with Gasteiger partial charge < -0.3 is 15.4 Å². The van der Waals surface area contributed by atoms with Crippen LogP contribution in [0.3, 0.4) is 0 Å². The quantitative estimate of drug-likeness (QED) is 0.734. The summed E-state index contributed by atoms with van der Waals surface area (Å²) in [4.78, 5) is 12.0. The lowest BCUT2D eigenvalue weighted by atomic mass is 10.1. The monoisotopic (exact) mass is 237 g/mol. The van der Waals surface area contributed by atoms with E-state index >= 15 is 0 Å². The Morgan fingerprint density at radius 1 is 1.53 bits per heavy atom. The summed E-state index contributed by atoms with van der Waals surface area (Å²) in [7, 11) is 1.66. The SMILES string of the molecule is COC1CNC(C(=O)NC2CCCC2C#N)C1. The van der Waals surface area contributed by atoms with Crippen LogP contribution < -0.4 is 10.6 Å². The molecular weight excluding hydrogens is 218 g/mol. The number of hydrogen-bond acceptors (Lipinski definition) is 4. The van der Waals surface area contributed by atoms with Crippen LogP contribution in [0.5, 0.6) is 0 Å². The van der Waals surface area contributed by atoms with Crippen molar-refractivity contribution < 1.29 is 9.53 Å². The van der Waals surface area contributed by atoms with E-state index in [1.54, 1.807) is 7.11 Å². The van der Waals surface area contributed by atoms with Gasteiger partial charge in [-0.25, -0.2) is 0 Å². The van der Waals surface area contributed by atoms with Gasteiger partial charge in [0.2, 0.25) is 5.91 Å². The molecule has 2 aliphatic rings. The van der Waals surface area contributed by atoms with Gasteiger partial charge in [-0.15, -0.1) is 0 Å². The topological polar surface area (TPSA) is 74.2 Å². The smallest absolute Gasteiger partial charge is 0.237 e. The number of nitrogens with zero attached hydrogens (tertiary/aromatic N) is 1. The van der Waals surface area contributed by atoms with Crippen molar-refractivity contribution in [3.8, 4) is 6.07 Å². The molecule has 2 N–H and O–H groups in total. The Morgan fingerprint density at radius 2 is 2.35 bits per heavy atom. The first-order chi connectivity index (χ1) is 8.24. The molecule has 94 valence electrons. The Labute approximate surface area is 102 Å². The fraction of sp³-hybridized carbons (Fsp3) is 0.833. The number of nitrogens with one attached hydrogen (secondary N) is 2. The van der Waals surface area contributed by atoms with Crippen molar-refractivity contribution in [1.29, 1.82) is 5.26 Å². The van der Waals surface area contributed by atoms with E-state index in [0.29, 0.717) is 6.42 Å². The number of carbonyl (C=O) groups is 1. The highest BCUT2D eigenvalue weighted by atomic mass is 16.5. The molecule has 0 aromatic heterocycles. The lowest BCUT2D eigenvalue weighted by Gasteiger charge is -2.18. The molecule has 0 aromatic carbocycles. The van der Waals surface area contributed by atoms with E-state index in [1.807, 2.05) is 0 Å². The van der Waals surface area contributed by atoms with E-state index in [0.717, 1.165) is 25.8 Å². The van der Waals surface area contributed by atoms with E-state index < -0.39 is 0 Å². The molecule has 0 spiro atoms. The normalized spacial score (nSPS) is 36.7. The molecule has 5 nitrogen and oxygen atoms in total. The summed E-state index contributed by atoms with van der Waals surface area (Å²) in [6, 6.07) is 2.14. The van der Waals surface area contributed by atoms with Gasteiger partial charge in [0.15, 0.2) is 0 Å². The van der Waals surface area contributed by atoms with E-state index in [2.05, 4.69) is 16.7 Å². The van der Waals surface area contributed by atoms with E-state index in [4.69, 9.17) is 10.00 Å². The molecule has 5 heteroatoms. The number of ether oxygens (including phenoxy) is 1. The Morgan fingerprint density at radius 3 is 3.00 bits per heavy atom. The first kappa shape index (κ1) is 12.3. The third-order valence-electron chi connectivity index (χ3n) is 3.75. The summed E-state index contributed by atoms with van der Waals surface area (Å²) in [5, 5.41) is 15.1. The number of amides is 1. The zero-order valence-electron chi connectivity index (χ0n) is 10.1. The second-order valence-electron chi connectivity index (χ2n) is 4.84. The lowest BCUT2D eigenvalue weighted by Crippen LogP contribution is -2.46. The third kappa shape index (κ3) is 2.76. The van der Waals surface area contributed by atoms with Crippen LogP contribution in [0.15, 0.2) is 0 Å². The van der Waals surface area contributed by atoms with Crippen molar-refractivity contribution in [3.63, 3.8) is 0 Å². The Hall–Kier alpha value is -1.12. The molecule has 4 unspecified atom stereocenters. The molecule has 1 saturated heterocycles. The zero-order chi connectivity index (χ0) is 12.3. The highest BCUT2D eigenvalue weighted by Gasteiger charge is 2.33. The molecule has 1 amide bonds. The van der Waals surface area contributed by atoms with Crippen molar-refractivity contribution in [2.75, 3.05) is 13.7 Å². The number of hydrogen-bond donors (Lipinski definition) is 2. The van der Waals surface area contributed by atoms with Crippen molar-refractivity contribution in [1.82, 2.24) is 10.6 Å². The fourth-order valence-electron chi connectivity index (χ4n) is 2.65. The molecule has 0 bridgehead atoms. The molecule has 1 saturated carbocycles. The number of methoxy groups -OCH3 is 1. The average molecular weight is 237 g/mol. The molecule has 1 heterocycles. The van der Waals surface area contributed by atoms with Crippen LogP contribution in [0.1, 0.15) is 25.7 Å². The molecule has 1 aliphatic heterocycles. The molecule has 17 heavy (non-hydrogen) atoms. The Kier molecular flexibility index (Phi) is 3.97. The maximum atomic E-state index is 12.0. The highest BCUT2D eigenvalue weighted by Crippen LogP contribution is 2.25. The van der Waals surface area contributed by atoms with Crippen LogP contribution in [0, 0.1) is 17.2 Å². The van der Waals surface area contributed by atoms with Crippen molar-refractivity contribution in [2.24, 2.45) is 5.92 Å². The van der Waals surface area contributed by atoms with Crippen LogP contribution >= 0.6 is 0 Å². The van der Waals surface area contributed by atoms with E-state index in [1.165, 1.54) is 0 Å². The van der Waals surface area contributed by atoms with Crippen molar-refractivity contribution in [3.05, 3.63) is 0 Å². The molecule has 4 atom stereocenters. The number of rotatable bonds is 3. The highest BCUT2D eigenvalue weighted by molar-refractivity contribution is 5.82. The summed E-state index contributed by atoms with van der Waals surface area (Å²) in [5.74, 6) is -0.00437. The average Bonchev–Trinajstić information content (AvgIpc) is 2.96. The summed E-state index contributed by atoms with van der Waals surface area (Å²) in [5.41, 5.74) is 0. The van der Waals surface area contributed by atoms with Crippen molar-refractivity contribution in [2.45, 2.75) is 43.9 Å². The van der Waals surface area contributed by atoms with Gasteiger partial charge in [0.05, 0.1) is 24.1 Å². The second-order valence-corrected chi connectivity index (χ2v) is 4.84. The first-order valence-electron chi connectivity index (χ1n) is 6.20. The van der Waals surface area contributed by atoms with Gasteiger partial charge in [0, 0.05) is 19.7 Å². The fourth-order valence-corrected chi connectivity index (χ4v) is 2.65. The van der Waals surface area contributed by atoms with Gasteiger partial charge in [-0.05, 0) is 25.7 Å². The molecule has 2 fully saturated rings. The van der Waals surface area contributed by atoms with Gasteiger partial charge in [-0.1, -0.05) is 0 Å². The van der Waals surface area contributed by atoms with Gasteiger partial charge in [-0.2, -0.15) is 5.26 Å². The maximum Gasteiger partial charge on any atom is 0.237 e. The van der Waals surface area contributed by atoms with Crippen LogP contribution in [0.25, 0.3) is 0 Å². The zero-order valence-corrected chi connectivity index (χ0v) is 10.1. The number of nitriles is 1. The van der Waals surface area contributed by atoms with Gasteiger partial charge in [0.25, 0.3) is 0 Å². The van der Waals surface area contributed by atoms with Gasteiger partial charge in [0.1, 0.15) is 0 Å². The third-order valence-corrected chi connectivity index (χ3v) is 3.75. The summed E-state index contributed by atoms with van der Waals surface area (Å²) < 4.78 is 5.21.